The Balaban J connectivity index is 1.42. The molecule has 3 saturated carbocycles. The van der Waals surface area contributed by atoms with Crippen molar-refractivity contribution in [3.05, 3.63) is 0 Å². The molecular weight excluding hydrogens is 160 g/mol. The van der Waals surface area contributed by atoms with Crippen molar-refractivity contribution < 1.29 is 5.11 Å². The van der Waals surface area contributed by atoms with E-state index in [0.717, 1.165) is 24.2 Å². The predicted molar refractivity (Wildman–Crippen MR) is 52.3 cm³/mol. The fourth-order valence-corrected chi connectivity index (χ4v) is 3.12. The van der Waals surface area contributed by atoms with E-state index in [1.807, 2.05) is 0 Å². The van der Waals surface area contributed by atoms with Gasteiger partial charge in [0.25, 0.3) is 0 Å². The summed E-state index contributed by atoms with van der Waals surface area (Å²) in [6, 6.07) is 0. The molecule has 3 atom stereocenters. The fraction of sp³-hybridized carbons (Fsp3) is 1.00. The van der Waals surface area contributed by atoms with E-state index in [2.05, 4.69) is 0 Å². The molecule has 3 fully saturated rings. The molecule has 0 aromatic rings. The highest BCUT2D eigenvalue weighted by Crippen LogP contribution is 2.55. The normalized spacial score (nSPS) is 44.5. The van der Waals surface area contributed by atoms with E-state index in [9.17, 15) is 5.11 Å². The molecule has 0 bridgehead atoms. The largest absolute Gasteiger partial charge is 0.393 e. The van der Waals surface area contributed by atoms with Crippen LogP contribution in [0.25, 0.3) is 0 Å². The van der Waals surface area contributed by atoms with Gasteiger partial charge >= 0.3 is 0 Å². The van der Waals surface area contributed by atoms with Crippen LogP contribution in [0.15, 0.2) is 0 Å². The van der Waals surface area contributed by atoms with E-state index in [1.54, 1.807) is 0 Å². The van der Waals surface area contributed by atoms with Crippen LogP contribution in [0.2, 0.25) is 0 Å². The van der Waals surface area contributed by atoms with Gasteiger partial charge in [-0.25, -0.2) is 0 Å². The minimum absolute atomic E-state index is 0.0494. The second kappa shape index (κ2) is 2.98. The van der Waals surface area contributed by atoms with Gasteiger partial charge in [0, 0.05) is 0 Å². The van der Waals surface area contributed by atoms with Gasteiger partial charge in [-0.2, -0.15) is 0 Å². The maximum absolute atomic E-state index is 9.96. The summed E-state index contributed by atoms with van der Waals surface area (Å²) in [7, 11) is 0. The van der Waals surface area contributed by atoms with Crippen molar-refractivity contribution in [2.75, 3.05) is 0 Å². The van der Waals surface area contributed by atoms with Crippen molar-refractivity contribution in [1.29, 1.82) is 0 Å². The Bertz CT molecular complexity index is 187. The van der Waals surface area contributed by atoms with E-state index in [1.165, 1.54) is 38.5 Å². The quantitative estimate of drug-likeness (QED) is 0.705. The lowest BCUT2D eigenvalue weighted by Gasteiger charge is -2.19. The maximum Gasteiger partial charge on any atom is 0.0568 e. The lowest BCUT2D eigenvalue weighted by atomic mass is 9.93. The zero-order valence-electron chi connectivity index (χ0n) is 8.28. The van der Waals surface area contributed by atoms with E-state index >= 15 is 0 Å². The minimum Gasteiger partial charge on any atom is -0.393 e. The third kappa shape index (κ3) is 1.76. The molecule has 0 aliphatic heterocycles. The molecule has 0 spiro atoms. The van der Waals surface area contributed by atoms with E-state index in [4.69, 9.17) is 0 Å². The zero-order valence-corrected chi connectivity index (χ0v) is 8.28. The van der Waals surface area contributed by atoms with Crippen LogP contribution in [0, 0.1) is 23.7 Å². The van der Waals surface area contributed by atoms with Crippen LogP contribution in [0.4, 0.5) is 0 Å². The number of hydrogen-bond acceptors (Lipinski definition) is 1. The molecule has 74 valence electrons. The molecule has 1 N–H and O–H groups in total. The molecular formula is C12H20O. The number of aliphatic hydroxyl groups excluding tert-OH is 1. The Hall–Kier alpha value is -0.0400. The summed E-state index contributed by atoms with van der Waals surface area (Å²) >= 11 is 0. The summed E-state index contributed by atoms with van der Waals surface area (Å²) in [6.45, 7) is 0. The van der Waals surface area contributed by atoms with Gasteiger partial charge in [-0.15, -0.1) is 0 Å². The Labute approximate surface area is 80.5 Å². The Kier molecular flexibility index (Phi) is 1.90. The Morgan fingerprint density at radius 1 is 1.08 bits per heavy atom. The summed E-state index contributed by atoms with van der Waals surface area (Å²) in [6.07, 6.45) is 9.47. The third-order valence-corrected chi connectivity index (χ3v) is 4.39. The first-order chi connectivity index (χ1) is 6.33. The Morgan fingerprint density at radius 2 is 1.77 bits per heavy atom. The molecule has 0 heterocycles. The van der Waals surface area contributed by atoms with Gasteiger partial charge in [-0.3, -0.25) is 0 Å². The maximum atomic E-state index is 9.96. The highest BCUT2D eigenvalue weighted by Gasteiger charge is 2.47. The summed E-state index contributed by atoms with van der Waals surface area (Å²) in [5.41, 5.74) is 0. The predicted octanol–water partition coefficient (Wildman–Crippen LogP) is 2.58. The van der Waals surface area contributed by atoms with Crippen LogP contribution in [-0.2, 0) is 0 Å². The van der Waals surface area contributed by atoms with Crippen molar-refractivity contribution in [3.63, 3.8) is 0 Å². The first kappa shape index (κ1) is 8.28. The average molecular weight is 180 g/mol. The summed E-state index contributed by atoms with van der Waals surface area (Å²) in [5.74, 6) is 3.73. The molecule has 3 rings (SSSR count). The van der Waals surface area contributed by atoms with Gasteiger partial charge in [0.1, 0.15) is 0 Å². The number of hydrogen-bond donors (Lipinski definition) is 1. The van der Waals surface area contributed by atoms with Crippen LogP contribution in [-0.4, -0.2) is 11.2 Å². The fourth-order valence-electron chi connectivity index (χ4n) is 3.12. The van der Waals surface area contributed by atoms with Crippen LogP contribution in [0.1, 0.15) is 44.9 Å². The van der Waals surface area contributed by atoms with Gasteiger partial charge in [0.15, 0.2) is 0 Å². The summed E-state index contributed by atoms with van der Waals surface area (Å²) in [4.78, 5) is 0. The standard InChI is InChI=1S/C12H20O/c13-12(4-3-8-1-2-8)11-6-9-5-10(9)7-11/h8-13H,1-7H2. The first-order valence-corrected chi connectivity index (χ1v) is 6.01. The SMILES string of the molecule is OC(CCC1CC1)C1CC2CC2C1. The average Bonchev–Trinajstić information content (AvgIpc) is 3.04. The van der Waals surface area contributed by atoms with Crippen molar-refractivity contribution in [2.45, 2.75) is 51.0 Å². The summed E-state index contributed by atoms with van der Waals surface area (Å²) in [5, 5.41) is 9.96. The topological polar surface area (TPSA) is 20.2 Å². The third-order valence-electron chi connectivity index (χ3n) is 4.39. The first-order valence-electron chi connectivity index (χ1n) is 6.01. The number of rotatable bonds is 4. The highest BCUT2D eigenvalue weighted by atomic mass is 16.3. The van der Waals surface area contributed by atoms with Crippen LogP contribution < -0.4 is 0 Å². The molecule has 0 aromatic heterocycles. The smallest absolute Gasteiger partial charge is 0.0568 e. The van der Waals surface area contributed by atoms with Crippen LogP contribution in [0.3, 0.4) is 0 Å². The highest BCUT2D eigenvalue weighted by molar-refractivity contribution is 4.97. The van der Waals surface area contributed by atoms with Gasteiger partial charge in [0.05, 0.1) is 6.10 Å². The van der Waals surface area contributed by atoms with Crippen LogP contribution >= 0.6 is 0 Å². The Morgan fingerprint density at radius 3 is 2.38 bits per heavy atom. The monoisotopic (exact) mass is 180 g/mol. The minimum atomic E-state index is 0.0494. The van der Waals surface area contributed by atoms with Crippen LogP contribution in [0.5, 0.6) is 0 Å². The van der Waals surface area contributed by atoms with E-state index < -0.39 is 0 Å². The van der Waals surface area contributed by atoms with Gasteiger partial charge in [-0.1, -0.05) is 12.8 Å². The molecule has 1 nitrogen and oxygen atoms in total. The van der Waals surface area contributed by atoms with Crippen molar-refractivity contribution >= 4 is 0 Å². The van der Waals surface area contributed by atoms with Crippen molar-refractivity contribution in [3.8, 4) is 0 Å². The zero-order chi connectivity index (χ0) is 8.84. The summed E-state index contributed by atoms with van der Waals surface area (Å²) < 4.78 is 0. The van der Waals surface area contributed by atoms with Gasteiger partial charge in [0.2, 0.25) is 0 Å². The molecule has 1 heteroatoms. The van der Waals surface area contributed by atoms with Crippen molar-refractivity contribution in [1.82, 2.24) is 0 Å². The second-order valence-corrected chi connectivity index (χ2v) is 5.58. The lowest BCUT2D eigenvalue weighted by Crippen LogP contribution is -2.19. The van der Waals surface area contributed by atoms with E-state index in [-0.39, 0.29) is 6.10 Å². The number of aliphatic hydroxyl groups is 1. The number of fused-ring (bicyclic) bond motifs is 1. The molecule has 0 saturated heterocycles. The molecule has 3 unspecified atom stereocenters. The van der Waals surface area contributed by atoms with E-state index in [0.29, 0.717) is 5.92 Å². The van der Waals surface area contributed by atoms with Gasteiger partial charge in [-0.05, 0) is 55.8 Å². The lowest BCUT2D eigenvalue weighted by molar-refractivity contribution is 0.0917. The molecule has 13 heavy (non-hydrogen) atoms. The van der Waals surface area contributed by atoms with Crippen molar-refractivity contribution in [2.24, 2.45) is 23.7 Å². The van der Waals surface area contributed by atoms with Gasteiger partial charge < -0.3 is 5.11 Å². The second-order valence-electron chi connectivity index (χ2n) is 5.58. The molecule has 0 aromatic carbocycles. The molecule has 3 aliphatic carbocycles. The molecule has 3 aliphatic rings. The molecule has 0 radical (unpaired) electrons. The molecule has 0 amide bonds.